The van der Waals surface area contributed by atoms with E-state index in [9.17, 15) is 12.8 Å². The van der Waals surface area contributed by atoms with Crippen LogP contribution in [0.15, 0.2) is 48.5 Å². The molecule has 0 saturated carbocycles. The number of nitrogens with zero attached hydrogens (tertiary/aromatic N) is 1. The molecule has 6 heteroatoms. The lowest BCUT2D eigenvalue weighted by Gasteiger charge is -2.20. The van der Waals surface area contributed by atoms with Gasteiger partial charge in [0.25, 0.3) is 0 Å². The molecule has 3 rings (SSSR count). The molecule has 1 unspecified atom stereocenters. The lowest BCUT2D eigenvalue weighted by atomic mass is 9.98. The van der Waals surface area contributed by atoms with E-state index < -0.39 is 10.0 Å². The monoisotopic (exact) mass is 334 g/mol. The van der Waals surface area contributed by atoms with Crippen molar-refractivity contribution in [1.82, 2.24) is 0 Å². The Morgan fingerprint density at radius 2 is 1.83 bits per heavy atom. The van der Waals surface area contributed by atoms with Gasteiger partial charge in [0.15, 0.2) is 0 Å². The molecule has 0 fully saturated rings. The van der Waals surface area contributed by atoms with Crippen LogP contribution in [-0.4, -0.2) is 21.5 Å². The minimum Gasteiger partial charge on any atom is -0.330 e. The Bertz CT molecular complexity index is 790. The van der Waals surface area contributed by atoms with Gasteiger partial charge in [-0.2, -0.15) is 0 Å². The van der Waals surface area contributed by atoms with E-state index in [0.29, 0.717) is 18.7 Å². The van der Waals surface area contributed by atoms with E-state index in [1.54, 1.807) is 0 Å². The summed E-state index contributed by atoms with van der Waals surface area (Å²) < 4.78 is 40.0. The van der Waals surface area contributed by atoms with Gasteiger partial charge in [-0.05, 0) is 42.3 Å². The first-order valence-electron chi connectivity index (χ1n) is 7.55. The Kier molecular flexibility index (Phi) is 4.37. The van der Waals surface area contributed by atoms with E-state index in [2.05, 4.69) is 0 Å². The molecule has 0 radical (unpaired) electrons. The fourth-order valence-corrected chi connectivity index (χ4v) is 4.68. The highest BCUT2D eigenvalue weighted by atomic mass is 32.2. The van der Waals surface area contributed by atoms with Crippen LogP contribution in [0.1, 0.15) is 23.5 Å². The molecule has 2 N–H and O–H groups in total. The molecule has 0 amide bonds. The average Bonchev–Trinajstić information content (AvgIpc) is 2.90. The van der Waals surface area contributed by atoms with Crippen LogP contribution >= 0.6 is 0 Å². The number of hydrogen-bond donors (Lipinski definition) is 1. The lowest BCUT2D eigenvalue weighted by molar-refractivity contribution is 0.585. The maximum atomic E-state index is 13.0. The van der Waals surface area contributed by atoms with E-state index in [0.717, 1.165) is 17.7 Å². The minimum atomic E-state index is -3.52. The number of nitrogens with two attached hydrogens (primary N) is 1. The van der Waals surface area contributed by atoms with Gasteiger partial charge in [0.2, 0.25) is 10.0 Å². The van der Waals surface area contributed by atoms with Crippen molar-refractivity contribution in [2.24, 2.45) is 5.73 Å². The largest absolute Gasteiger partial charge is 0.330 e. The molecule has 23 heavy (non-hydrogen) atoms. The highest BCUT2D eigenvalue weighted by Gasteiger charge is 2.34. The maximum absolute atomic E-state index is 13.0. The predicted octanol–water partition coefficient (Wildman–Crippen LogP) is 2.61. The van der Waals surface area contributed by atoms with Gasteiger partial charge < -0.3 is 5.73 Å². The van der Waals surface area contributed by atoms with Crippen LogP contribution in [-0.2, 0) is 15.8 Å². The Balaban J connectivity index is 1.90. The first-order chi connectivity index (χ1) is 11.0. The van der Waals surface area contributed by atoms with Crippen molar-refractivity contribution in [2.45, 2.75) is 18.1 Å². The zero-order valence-electron chi connectivity index (χ0n) is 12.7. The van der Waals surface area contributed by atoms with Crippen molar-refractivity contribution >= 4 is 15.7 Å². The second-order valence-electron chi connectivity index (χ2n) is 5.75. The fourth-order valence-electron chi connectivity index (χ4n) is 3.04. The molecular weight excluding hydrogens is 315 g/mol. The summed E-state index contributed by atoms with van der Waals surface area (Å²) in [5, 5.41) is 0. The number of hydrogen-bond acceptors (Lipinski definition) is 3. The van der Waals surface area contributed by atoms with Gasteiger partial charge in [-0.15, -0.1) is 0 Å². The quantitative estimate of drug-likeness (QED) is 0.914. The number of anilines is 1. The number of para-hydroxylation sites is 1. The van der Waals surface area contributed by atoms with Gasteiger partial charge in [-0.25, -0.2) is 12.8 Å². The molecule has 1 heterocycles. The molecule has 122 valence electrons. The first kappa shape index (κ1) is 16.0. The lowest BCUT2D eigenvalue weighted by Crippen LogP contribution is -2.31. The molecule has 1 aliphatic rings. The smallest absolute Gasteiger partial charge is 0.239 e. The van der Waals surface area contributed by atoms with E-state index in [1.807, 2.05) is 24.3 Å². The Morgan fingerprint density at radius 3 is 2.52 bits per heavy atom. The topological polar surface area (TPSA) is 63.4 Å². The van der Waals surface area contributed by atoms with Crippen molar-refractivity contribution < 1.29 is 12.8 Å². The summed E-state index contributed by atoms with van der Waals surface area (Å²) in [6.45, 7) is 0.935. The van der Waals surface area contributed by atoms with Crippen molar-refractivity contribution in [3.05, 3.63) is 65.5 Å². The van der Waals surface area contributed by atoms with Crippen LogP contribution in [0.5, 0.6) is 0 Å². The standard InChI is InChI=1S/C17H19FN2O2S/c18-15-7-5-13(6-8-15)12-23(21,22)20-11-14(9-10-19)16-3-1-2-4-17(16)20/h1-8,14H,9-12,19H2. The van der Waals surface area contributed by atoms with Gasteiger partial charge in [0, 0.05) is 12.5 Å². The van der Waals surface area contributed by atoms with Crippen LogP contribution in [0.25, 0.3) is 0 Å². The van der Waals surface area contributed by atoms with Crippen LogP contribution in [0, 0.1) is 5.82 Å². The second-order valence-corrected chi connectivity index (χ2v) is 7.64. The summed E-state index contributed by atoms with van der Waals surface area (Å²) in [5.41, 5.74) is 7.99. The molecule has 0 spiro atoms. The Morgan fingerprint density at radius 1 is 1.13 bits per heavy atom. The van der Waals surface area contributed by atoms with Crippen molar-refractivity contribution in [3.8, 4) is 0 Å². The summed E-state index contributed by atoms with van der Waals surface area (Å²) in [7, 11) is -3.52. The number of sulfonamides is 1. The van der Waals surface area contributed by atoms with E-state index in [-0.39, 0.29) is 17.5 Å². The third-order valence-electron chi connectivity index (χ3n) is 4.14. The Labute approximate surface area is 135 Å². The Hall–Kier alpha value is -1.92. The van der Waals surface area contributed by atoms with Crippen molar-refractivity contribution in [2.75, 3.05) is 17.4 Å². The molecule has 1 atom stereocenters. The molecule has 4 nitrogen and oxygen atoms in total. The summed E-state index contributed by atoms with van der Waals surface area (Å²) >= 11 is 0. The number of benzene rings is 2. The predicted molar refractivity (Wildman–Crippen MR) is 89.2 cm³/mol. The third kappa shape index (κ3) is 3.23. The molecule has 2 aromatic rings. The number of fused-ring (bicyclic) bond motifs is 1. The first-order valence-corrected chi connectivity index (χ1v) is 9.16. The maximum Gasteiger partial charge on any atom is 0.239 e. The van der Waals surface area contributed by atoms with Crippen molar-refractivity contribution in [1.29, 1.82) is 0 Å². The number of rotatable bonds is 5. The fraction of sp³-hybridized carbons (Fsp3) is 0.294. The van der Waals surface area contributed by atoms with E-state index >= 15 is 0 Å². The summed E-state index contributed by atoms with van der Waals surface area (Å²) in [6.07, 6.45) is 0.750. The van der Waals surface area contributed by atoms with Crippen LogP contribution < -0.4 is 10.0 Å². The third-order valence-corrected chi connectivity index (χ3v) is 5.86. The molecule has 0 aliphatic carbocycles. The van der Waals surface area contributed by atoms with Crippen molar-refractivity contribution in [3.63, 3.8) is 0 Å². The van der Waals surface area contributed by atoms with Gasteiger partial charge in [0.05, 0.1) is 11.4 Å². The highest BCUT2D eigenvalue weighted by molar-refractivity contribution is 7.92. The molecule has 0 bridgehead atoms. The number of halogens is 1. The second kappa shape index (κ2) is 6.29. The normalized spacial score (nSPS) is 17.3. The molecule has 2 aromatic carbocycles. The van der Waals surface area contributed by atoms with Crippen LogP contribution in [0.2, 0.25) is 0 Å². The SMILES string of the molecule is NCCC1CN(S(=O)(=O)Cc2ccc(F)cc2)c2ccccc21. The van der Waals surface area contributed by atoms with Crippen LogP contribution in [0.3, 0.4) is 0 Å². The van der Waals surface area contributed by atoms with E-state index in [4.69, 9.17) is 5.73 Å². The summed E-state index contributed by atoms with van der Waals surface area (Å²) in [6, 6.07) is 13.1. The summed E-state index contributed by atoms with van der Waals surface area (Å²) in [5.74, 6) is -0.392. The minimum absolute atomic E-state index is 0.124. The zero-order valence-corrected chi connectivity index (χ0v) is 13.5. The van der Waals surface area contributed by atoms with Gasteiger partial charge in [-0.3, -0.25) is 4.31 Å². The molecular formula is C17H19FN2O2S. The average molecular weight is 334 g/mol. The van der Waals surface area contributed by atoms with Crippen LogP contribution in [0.4, 0.5) is 10.1 Å². The molecule has 0 saturated heterocycles. The van der Waals surface area contributed by atoms with Gasteiger partial charge >= 0.3 is 0 Å². The van der Waals surface area contributed by atoms with E-state index in [1.165, 1.54) is 28.6 Å². The summed E-state index contributed by atoms with van der Waals surface area (Å²) in [4.78, 5) is 0. The van der Waals surface area contributed by atoms with Gasteiger partial charge in [0.1, 0.15) is 5.82 Å². The zero-order chi connectivity index (χ0) is 16.4. The molecule has 1 aliphatic heterocycles. The highest BCUT2D eigenvalue weighted by Crippen LogP contribution is 2.39. The molecule has 0 aromatic heterocycles. The van der Waals surface area contributed by atoms with Gasteiger partial charge in [-0.1, -0.05) is 30.3 Å².